The van der Waals surface area contributed by atoms with Crippen molar-refractivity contribution in [3.05, 3.63) is 63.9 Å². The van der Waals surface area contributed by atoms with Crippen molar-refractivity contribution in [2.45, 2.75) is 24.3 Å². The van der Waals surface area contributed by atoms with Crippen LogP contribution in [0.1, 0.15) is 24.1 Å². The number of hydrogen-bond acceptors (Lipinski definition) is 5. The van der Waals surface area contributed by atoms with E-state index >= 15 is 0 Å². The fraction of sp³-hybridized carbons (Fsp3) is 0.286. The average Bonchev–Trinajstić information content (AvgIpc) is 2.72. The molecule has 0 amide bonds. The number of H-pyrrole nitrogens is 1. The van der Waals surface area contributed by atoms with E-state index in [4.69, 9.17) is 9.47 Å². The average molecular weight is 414 g/mol. The summed E-state index contributed by atoms with van der Waals surface area (Å²) in [6, 6.07) is 11.2. The molecule has 0 radical (unpaired) electrons. The highest BCUT2D eigenvalue weighted by Gasteiger charge is 2.34. The van der Waals surface area contributed by atoms with Crippen LogP contribution in [-0.2, 0) is 16.4 Å². The van der Waals surface area contributed by atoms with E-state index in [9.17, 15) is 13.2 Å². The SMILES string of the molecule is COc1cc2c(cc1OC)C(C)N(S(=O)(=O)c1ccc3[nH]c(=O)ccc3c1)CC2. The number of hydrogen-bond donors (Lipinski definition) is 1. The van der Waals surface area contributed by atoms with Gasteiger partial charge in [0, 0.05) is 24.2 Å². The highest BCUT2D eigenvalue weighted by molar-refractivity contribution is 7.89. The molecule has 0 spiro atoms. The van der Waals surface area contributed by atoms with Crippen molar-refractivity contribution in [2.24, 2.45) is 0 Å². The zero-order chi connectivity index (χ0) is 20.8. The molecule has 1 N–H and O–H groups in total. The molecule has 0 bridgehead atoms. The molecule has 4 rings (SSSR count). The molecule has 1 unspecified atom stereocenters. The highest BCUT2D eigenvalue weighted by atomic mass is 32.2. The summed E-state index contributed by atoms with van der Waals surface area (Å²) < 4.78 is 39.1. The quantitative estimate of drug-likeness (QED) is 0.709. The third-order valence-electron chi connectivity index (χ3n) is 5.43. The Hall–Kier alpha value is -2.84. The van der Waals surface area contributed by atoms with Crippen LogP contribution in [0.5, 0.6) is 11.5 Å². The first kappa shape index (κ1) is 19.5. The van der Waals surface area contributed by atoms with Gasteiger partial charge in [-0.25, -0.2) is 8.42 Å². The number of ether oxygens (including phenoxy) is 2. The molecule has 0 saturated carbocycles. The van der Waals surface area contributed by atoms with Gasteiger partial charge in [-0.15, -0.1) is 0 Å². The second-order valence-electron chi connectivity index (χ2n) is 7.02. The topological polar surface area (TPSA) is 88.7 Å². The van der Waals surface area contributed by atoms with Gasteiger partial charge in [-0.2, -0.15) is 4.31 Å². The van der Waals surface area contributed by atoms with E-state index in [-0.39, 0.29) is 16.5 Å². The zero-order valence-electron chi connectivity index (χ0n) is 16.4. The summed E-state index contributed by atoms with van der Waals surface area (Å²) in [5.41, 5.74) is 2.34. The number of fused-ring (bicyclic) bond motifs is 2. The minimum absolute atomic E-state index is 0.202. The molecule has 1 aliphatic rings. The molecule has 1 aromatic heterocycles. The number of methoxy groups -OCH3 is 2. The van der Waals surface area contributed by atoms with E-state index in [1.165, 1.54) is 16.4 Å². The molecular weight excluding hydrogens is 392 g/mol. The Balaban J connectivity index is 1.75. The molecule has 2 aromatic carbocycles. The number of rotatable bonds is 4. The molecule has 2 heterocycles. The van der Waals surface area contributed by atoms with Gasteiger partial charge >= 0.3 is 0 Å². The van der Waals surface area contributed by atoms with Crippen LogP contribution in [0.2, 0.25) is 0 Å². The van der Waals surface area contributed by atoms with Crippen molar-refractivity contribution in [2.75, 3.05) is 20.8 Å². The largest absolute Gasteiger partial charge is 0.493 e. The Morgan fingerprint density at radius 3 is 2.48 bits per heavy atom. The number of sulfonamides is 1. The fourth-order valence-electron chi connectivity index (χ4n) is 3.88. The molecule has 0 saturated heterocycles. The number of nitrogens with zero attached hydrogens (tertiary/aromatic N) is 1. The van der Waals surface area contributed by atoms with E-state index in [2.05, 4.69) is 4.98 Å². The van der Waals surface area contributed by atoms with E-state index in [1.54, 1.807) is 32.4 Å². The van der Waals surface area contributed by atoms with Crippen LogP contribution in [0.4, 0.5) is 0 Å². The van der Waals surface area contributed by atoms with Crippen LogP contribution in [0.15, 0.2) is 52.2 Å². The van der Waals surface area contributed by atoms with Crippen LogP contribution in [0, 0.1) is 0 Å². The molecule has 29 heavy (non-hydrogen) atoms. The summed E-state index contributed by atoms with van der Waals surface area (Å²) in [7, 11) is -0.577. The summed E-state index contributed by atoms with van der Waals surface area (Å²) in [4.78, 5) is 14.4. The van der Waals surface area contributed by atoms with Gasteiger partial charge in [0.2, 0.25) is 15.6 Å². The first-order valence-electron chi connectivity index (χ1n) is 9.25. The predicted molar refractivity (Wildman–Crippen MR) is 110 cm³/mol. The summed E-state index contributed by atoms with van der Waals surface area (Å²) in [6.45, 7) is 2.25. The second-order valence-corrected chi connectivity index (χ2v) is 8.91. The van der Waals surface area contributed by atoms with E-state index in [0.717, 1.165) is 11.1 Å². The molecule has 0 aliphatic carbocycles. The molecule has 8 heteroatoms. The van der Waals surface area contributed by atoms with Gasteiger partial charge in [0.25, 0.3) is 0 Å². The van der Waals surface area contributed by atoms with E-state index in [1.807, 2.05) is 19.1 Å². The maximum absolute atomic E-state index is 13.4. The Kier molecular flexibility index (Phi) is 4.84. The summed E-state index contributed by atoms with van der Waals surface area (Å²) in [5, 5.41) is 0.669. The van der Waals surface area contributed by atoms with Crippen molar-refractivity contribution in [1.29, 1.82) is 0 Å². The number of pyridine rings is 1. The fourth-order valence-corrected chi connectivity index (χ4v) is 5.53. The smallest absolute Gasteiger partial charge is 0.248 e. The molecule has 7 nitrogen and oxygen atoms in total. The Bertz CT molecular complexity index is 1250. The maximum Gasteiger partial charge on any atom is 0.248 e. The van der Waals surface area contributed by atoms with Crippen molar-refractivity contribution in [1.82, 2.24) is 9.29 Å². The molecule has 1 aliphatic heterocycles. The van der Waals surface area contributed by atoms with E-state index < -0.39 is 10.0 Å². The van der Waals surface area contributed by atoms with Crippen LogP contribution in [0.3, 0.4) is 0 Å². The molecular formula is C21H22N2O5S. The zero-order valence-corrected chi connectivity index (χ0v) is 17.2. The van der Waals surface area contributed by atoms with Crippen LogP contribution in [0.25, 0.3) is 10.9 Å². The van der Waals surface area contributed by atoms with Gasteiger partial charge < -0.3 is 14.5 Å². The number of nitrogens with one attached hydrogen (secondary N) is 1. The van der Waals surface area contributed by atoms with Gasteiger partial charge in [0.15, 0.2) is 11.5 Å². The Labute approximate surface area is 168 Å². The summed E-state index contributed by atoms with van der Waals surface area (Å²) in [5.74, 6) is 1.21. The van der Waals surface area contributed by atoms with Crippen LogP contribution < -0.4 is 15.0 Å². The lowest BCUT2D eigenvalue weighted by Crippen LogP contribution is -2.38. The first-order valence-corrected chi connectivity index (χ1v) is 10.7. The number of benzene rings is 2. The van der Waals surface area contributed by atoms with Gasteiger partial charge in [0.05, 0.1) is 19.1 Å². The lowest BCUT2D eigenvalue weighted by atomic mass is 9.94. The number of aromatic amines is 1. The van der Waals surface area contributed by atoms with E-state index in [0.29, 0.717) is 35.4 Å². The normalized spacial score (nSPS) is 17.1. The lowest BCUT2D eigenvalue weighted by Gasteiger charge is -2.34. The van der Waals surface area contributed by atoms with Crippen molar-refractivity contribution in [3.8, 4) is 11.5 Å². The third kappa shape index (κ3) is 3.28. The Morgan fingerprint density at radius 2 is 1.76 bits per heavy atom. The van der Waals surface area contributed by atoms with Gasteiger partial charge in [-0.1, -0.05) is 0 Å². The first-order chi connectivity index (χ1) is 13.8. The summed E-state index contributed by atoms with van der Waals surface area (Å²) >= 11 is 0. The number of aromatic nitrogens is 1. The van der Waals surface area contributed by atoms with Crippen molar-refractivity contribution < 1.29 is 17.9 Å². The predicted octanol–water partition coefficient (Wildman–Crippen LogP) is 2.85. The van der Waals surface area contributed by atoms with Gasteiger partial charge in [-0.05, 0) is 66.3 Å². The minimum Gasteiger partial charge on any atom is -0.493 e. The molecule has 1 atom stereocenters. The van der Waals surface area contributed by atoms with Gasteiger partial charge in [0.1, 0.15) is 0 Å². The van der Waals surface area contributed by atoms with Gasteiger partial charge in [-0.3, -0.25) is 4.79 Å². The molecule has 0 fully saturated rings. The monoisotopic (exact) mass is 414 g/mol. The van der Waals surface area contributed by atoms with Crippen molar-refractivity contribution >= 4 is 20.9 Å². The minimum atomic E-state index is -3.72. The van der Waals surface area contributed by atoms with Crippen LogP contribution >= 0.6 is 0 Å². The maximum atomic E-state index is 13.4. The van der Waals surface area contributed by atoms with Crippen LogP contribution in [-0.4, -0.2) is 38.5 Å². The standard InChI is InChI=1S/C21H22N2O5S/c1-13-17-12-20(28-3)19(27-2)11-14(17)8-9-23(13)29(25,26)16-5-6-18-15(10-16)4-7-21(24)22-18/h4-7,10-13H,8-9H2,1-3H3,(H,22,24). The van der Waals surface area contributed by atoms with Crippen molar-refractivity contribution in [3.63, 3.8) is 0 Å². The Morgan fingerprint density at radius 1 is 1.03 bits per heavy atom. The highest BCUT2D eigenvalue weighted by Crippen LogP contribution is 2.40. The second kappa shape index (κ2) is 7.20. The third-order valence-corrected chi connectivity index (χ3v) is 7.40. The summed E-state index contributed by atoms with van der Waals surface area (Å²) in [6.07, 6.45) is 0.583. The molecule has 152 valence electrons. The lowest BCUT2D eigenvalue weighted by molar-refractivity contribution is 0.319. The molecule has 3 aromatic rings.